The van der Waals surface area contributed by atoms with Crippen molar-refractivity contribution in [2.75, 3.05) is 0 Å². The molecule has 2 N–H and O–H groups in total. The Balaban J connectivity index is 2.02. The van der Waals surface area contributed by atoms with E-state index in [9.17, 15) is 4.79 Å². The summed E-state index contributed by atoms with van der Waals surface area (Å²) in [4.78, 5) is 18.9. The summed E-state index contributed by atoms with van der Waals surface area (Å²) in [6.07, 6.45) is 7.69. The molecule has 116 valence electrons. The largest absolute Gasteiger partial charge is 0.334 e. The summed E-state index contributed by atoms with van der Waals surface area (Å²) in [5, 5.41) is 0. The molecule has 0 spiro atoms. The summed E-state index contributed by atoms with van der Waals surface area (Å²) in [5.41, 5.74) is 7.05. The highest BCUT2D eigenvalue weighted by Crippen LogP contribution is 2.29. The van der Waals surface area contributed by atoms with E-state index in [-0.39, 0.29) is 17.5 Å². The maximum Gasteiger partial charge on any atom is 0.225 e. The molecule has 1 aromatic rings. The van der Waals surface area contributed by atoms with E-state index in [4.69, 9.17) is 5.73 Å². The zero-order chi connectivity index (χ0) is 15.3. The van der Waals surface area contributed by atoms with E-state index in [2.05, 4.69) is 4.98 Å². The molecular weight excluding hydrogens is 262 g/mol. The first-order valence-electron chi connectivity index (χ1n) is 7.98. The van der Waals surface area contributed by atoms with E-state index in [1.807, 2.05) is 36.9 Å². The smallest absolute Gasteiger partial charge is 0.225 e. The molecule has 0 radical (unpaired) electrons. The van der Waals surface area contributed by atoms with Crippen LogP contribution in [-0.4, -0.2) is 27.4 Å². The van der Waals surface area contributed by atoms with Crippen LogP contribution in [0, 0.1) is 0 Å². The predicted octanol–water partition coefficient (Wildman–Crippen LogP) is 2.87. The maximum atomic E-state index is 12.7. The number of nitrogens with zero attached hydrogens (tertiary/aromatic N) is 2. The van der Waals surface area contributed by atoms with Gasteiger partial charge in [0.1, 0.15) is 0 Å². The van der Waals surface area contributed by atoms with Gasteiger partial charge in [-0.25, -0.2) is 0 Å². The highest BCUT2D eigenvalue weighted by atomic mass is 16.2. The average Bonchev–Trinajstić information content (AvgIpc) is 2.45. The summed E-state index contributed by atoms with van der Waals surface area (Å²) < 4.78 is 0. The van der Waals surface area contributed by atoms with Crippen LogP contribution in [-0.2, 0) is 11.3 Å². The highest BCUT2D eigenvalue weighted by molar-refractivity contribution is 5.77. The Morgan fingerprint density at radius 3 is 2.62 bits per heavy atom. The first kappa shape index (κ1) is 16.0. The van der Waals surface area contributed by atoms with Crippen molar-refractivity contribution in [1.82, 2.24) is 9.88 Å². The molecule has 1 heterocycles. The summed E-state index contributed by atoms with van der Waals surface area (Å²) in [6, 6.07) is 5.96. The zero-order valence-corrected chi connectivity index (χ0v) is 13.2. The van der Waals surface area contributed by atoms with Gasteiger partial charge in [-0.2, -0.15) is 0 Å². The fourth-order valence-corrected chi connectivity index (χ4v) is 3.06. The van der Waals surface area contributed by atoms with Gasteiger partial charge in [0.15, 0.2) is 0 Å². The molecule has 1 fully saturated rings. The molecule has 1 amide bonds. The number of rotatable bonds is 5. The number of aromatic nitrogens is 1. The van der Waals surface area contributed by atoms with Crippen molar-refractivity contribution < 1.29 is 4.79 Å². The Hall–Kier alpha value is -1.42. The summed E-state index contributed by atoms with van der Waals surface area (Å²) in [6.45, 7) is 4.66. The quantitative estimate of drug-likeness (QED) is 0.906. The molecule has 0 unspecified atom stereocenters. The number of nitrogens with two attached hydrogens (primary N) is 1. The SMILES string of the molecule is CC(C)N(Cc1ccccn1)C(=O)CC1(N)CCCCC1. The standard InChI is InChI=1S/C17H27N3O/c1-14(2)20(13-15-8-4-7-11-19-15)16(21)12-17(18)9-5-3-6-10-17/h4,7-8,11,14H,3,5-6,9-10,12-13,18H2,1-2H3. The molecule has 1 aromatic heterocycles. The van der Waals surface area contributed by atoms with E-state index in [1.165, 1.54) is 6.42 Å². The number of carbonyl (C=O) groups excluding carboxylic acids is 1. The van der Waals surface area contributed by atoms with Gasteiger partial charge in [0.25, 0.3) is 0 Å². The first-order chi connectivity index (χ1) is 10.0. The van der Waals surface area contributed by atoms with Crippen LogP contribution in [0.25, 0.3) is 0 Å². The lowest BCUT2D eigenvalue weighted by atomic mass is 9.80. The lowest BCUT2D eigenvalue weighted by Gasteiger charge is -2.36. The van der Waals surface area contributed by atoms with Crippen LogP contribution >= 0.6 is 0 Å². The number of pyridine rings is 1. The third-order valence-corrected chi connectivity index (χ3v) is 4.35. The topological polar surface area (TPSA) is 59.2 Å². The molecule has 2 rings (SSSR count). The molecule has 0 aliphatic heterocycles. The molecule has 0 saturated heterocycles. The second kappa shape index (κ2) is 7.03. The van der Waals surface area contributed by atoms with Crippen molar-refractivity contribution in [3.05, 3.63) is 30.1 Å². The van der Waals surface area contributed by atoms with Crippen LogP contribution in [0.3, 0.4) is 0 Å². The Labute approximate surface area is 127 Å². The van der Waals surface area contributed by atoms with Gasteiger partial charge in [0, 0.05) is 24.2 Å². The van der Waals surface area contributed by atoms with Crippen molar-refractivity contribution in [2.45, 2.75) is 70.5 Å². The summed E-state index contributed by atoms with van der Waals surface area (Å²) in [5.74, 6) is 0.153. The van der Waals surface area contributed by atoms with Gasteiger partial charge in [-0.15, -0.1) is 0 Å². The third-order valence-electron chi connectivity index (χ3n) is 4.35. The van der Waals surface area contributed by atoms with E-state index < -0.39 is 0 Å². The number of amides is 1. The molecular formula is C17H27N3O. The molecule has 1 saturated carbocycles. The fraction of sp³-hybridized carbons (Fsp3) is 0.647. The Morgan fingerprint density at radius 1 is 1.33 bits per heavy atom. The molecule has 21 heavy (non-hydrogen) atoms. The molecule has 1 aliphatic rings. The number of carbonyl (C=O) groups is 1. The van der Waals surface area contributed by atoms with Crippen LogP contribution in [0.2, 0.25) is 0 Å². The Bertz CT molecular complexity index is 452. The van der Waals surface area contributed by atoms with E-state index in [0.717, 1.165) is 31.4 Å². The lowest BCUT2D eigenvalue weighted by molar-refractivity contribution is -0.135. The van der Waals surface area contributed by atoms with Gasteiger partial charge in [-0.3, -0.25) is 9.78 Å². The molecule has 0 atom stereocenters. The van der Waals surface area contributed by atoms with Crippen LogP contribution in [0.1, 0.15) is 58.1 Å². The monoisotopic (exact) mass is 289 g/mol. The second-order valence-corrected chi connectivity index (χ2v) is 6.54. The van der Waals surface area contributed by atoms with Crippen LogP contribution < -0.4 is 5.73 Å². The third kappa shape index (κ3) is 4.53. The molecule has 4 heteroatoms. The van der Waals surface area contributed by atoms with Gasteiger partial charge < -0.3 is 10.6 Å². The van der Waals surface area contributed by atoms with E-state index >= 15 is 0 Å². The van der Waals surface area contributed by atoms with Gasteiger partial charge in [-0.1, -0.05) is 25.3 Å². The lowest BCUT2D eigenvalue weighted by Crippen LogP contribution is -2.48. The van der Waals surface area contributed by atoms with Gasteiger partial charge in [0.2, 0.25) is 5.91 Å². The minimum atomic E-state index is -0.299. The molecule has 1 aliphatic carbocycles. The van der Waals surface area contributed by atoms with Crippen molar-refractivity contribution >= 4 is 5.91 Å². The predicted molar refractivity (Wildman–Crippen MR) is 84.5 cm³/mol. The highest BCUT2D eigenvalue weighted by Gasteiger charge is 2.32. The van der Waals surface area contributed by atoms with Gasteiger partial charge >= 0.3 is 0 Å². The maximum absolute atomic E-state index is 12.7. The summed E-state index contributed by atoms with van der Waals surface area (Å²) >= 11 is 0. The number of hydrogen-bond acceptors (Lipinski definition) is 3. The molecule has 0 bridgehead atoms. The normalized spacial score (nSPS) is 17.7. The minimum absolute atomic E-state index is 0.153. The minimum Gasteiger partial charge on any atom is -0.334 e. The Kier molecular flexibility index (Phi) is 5.34. The van der Waals surface area contributed by atoms with Gasteiger partial charge in [0.05, 0.1) is 12.2 Å². The van der Waals surface area contributed by atoms with E-state index in [1.54, 1.807) is 6.20 Å². The fourth-order valence-electron chi connectivity index (χ4n) is 3.06. The zero-order valence-electron chi connectivity index (χ0n) is 13.2. The van der Waals surface area contributed by atoms with Crippen molar-refractivity contribution in [1.29, 1.82) is 0 Å². The van der Waals surface area contributed by atoms with Crippen molar-refractivity contribution in [2.24, 2.45) is 5.73 Å². The van der Waals surface area contributed by atoms with Crippen LogP contribution in [0.5, 0.6) is 0 Å². The van der Waals surface area contributed by atoms with Crippen LogP contribution in [0.15, 0.2) is 24.4 Å². The first-order valence-corrected chi connectivity index (χ1v) is 7.98. The van der Waals surface area contributed by atoms with Crippen LogP contribution in [0.4, 0.5) is 0 Å². The van der Waals surface area contributed by atoms with Crippen molar-refractivity contribution in [3.8, 4) is 0 Å². The molecule has 0 aromatic carbocycles. The Morgan fingerprint density at radius 2 is 2.05 bits per heavy atom. The van der Waals surface area contributed by atoms with Gasteiger partial charge in [-0.05, 0) is 38.8 Å². The number of hydrogen-bond donors (Lipinski definition) is 1. The molecule has 4 nitrogen and oxygen atoms in total. The summed E-state index contributed by atoms with van der Waals surface area (Å²) in [7, 11) is 0. The van der Waals surface area contributed by atoms with Crippen molar-refractivity contribution in [3.63, 3.8) is 0 Å². The second-order valence-electron chi connectivity index (χ2n) is 6.54. The van der Waals surface area contributed by atoms with E-state index in [0.29, 0.717) is 13.0 Å². The average molecular weight is 289 g/mol.